The molecule has 0 bridgehead atoms. The molecule has 0 aliphatic heterocycles. The van der Waals surface area contributed by atoms with Crippen LogP contribution in [0.5, 0.6) is 5.75 Å². The normalized spacial score (nSPS) is 11.7. The molecule has 1 rings (SSSR count). The van der Waals surface area contributed by atoms with E-state index in [-0.39, 0.29) is 0 Å². The lowest BCUT2D eigenvalue weighted by Gasteiger charge is -2.37. The summed E-state index contributed by atoms with van der Waals surface area (Å²) in [4.78, 5) is 1.18. The molecule has 0 unspecified atom stereocenters. The third-order valence-corrected chi connectivity index (χ3v) is 11.5. The van der Waals surface area contributed by atoms with Gasteiger partial charge in [0.15, 0.2) is 0 Å². The Morgan fingerprint density at radius 1 is 0.905 bits per heavy atom. The first kappa shape index (κ1) is 18.2. The fourth-order valence-corrected chi connectivity index (χ4v) is 9.42. The number of hydrogen-bond acceptors (Lipinski definition) is 2. The number of rotatable bonds is 5. The van der Waals surface area contributed by atoms with E-state index in [9.17, 15) is 0 Å². The average molecular weight is 321 g/mol. The summed E-state index contributed by atoms with van der Waals surface area (Å²) in [6, 6.07) is 8.12. The maximum atomic E-state index is 5.18. The second kappa shape index (κ2) is 7.96. The molecule has 0 atom stereocenters. The molecule has 0 amide bonds. The van der Waals surface area contributed by atoms with E-state index >= 15 is 0 Å². The van der Waals surface area contributed by atoms with Gasteiger partial charge in [-0.15, -0.1) is 5.54 Å². The van der Waals surface area contributed by atoms with E-state index in [2.05, 4.69) is 64.5 Å². The molecule has 1 aromatic carbocycles. The summed E-state index contributed by atoms with van der Waals surface area (Å²) in [5.74, 6) is 0.891. The Balaban J connectivity index is 2.94. The Morgan fingerprint density at radius 3 is 1.76 bits per heavy atom. The lowest BCUT2D eigenvalue weighted by atomic mass is 10.3. The largest absolute Gasteiger partial charge is 0.497 e. The van der Waals surface area contributed by atoms with Crippen LogP contribution in [-0.2, 0) is 0 Å². The fourth-order valence-electron chi connectivity index (χ4n) is 3.25. The highest BCUT2D eigenvalue weighted by atomic mass is 32.2. The molecular weight excluding hydrogens is 292 g/mol. The highest BCUT2D eigenvalue weighted by molar-refractivity contribution is 8.04. The van der Waals surface area contributed by atoms with Gasteiger partial charge in [0.2, 0.25) is 0 Å². The van der Waals surface area contributed by atoms with Gasteiger partial charge in [-0.1, -0.05) is 41.5 Å². The first-order valence-corrected chi connectivity index (χ1v) is 10.7. The van der Waals surface area contributed by atoms with Crippen LogP contribution < -0.4 is 4.74 Å². The highest BCUT2D eigenvalue weighted by Gasteiger charge is 2.41. The van der Waals surface area contributed by atoms with Gasteiger partial charge >= 0.3 is 0 Å². The zero-order valence-corrected chi connectivity index (χ0v) is 16.2. The molecule has 1 aromatic rings. The molecule has 0 saturated carbocycles. The predicted molar refractivity (Wildman–Crippen MR) is 97.7 cm³/mol. The molecule has 1 nitrogen and oxygen atoms in total. The monoisotopic (exact) mass is 320 g/mol. The summed E-state index contributed by atoms with van der Waals surface area (Å²) in [6.07, 6.45) is 0. The summed E-state index contributed by atoms with van der Waals surface area (Å²) in [6.45, 7) is 14.1. The van der Waals surface area contributed by atoms with Crippen LogP contribution in [0.2, 0.25) is 16.6 Å². The molecule has 0 fully saturated rings. The van der Waals surface area contributed by atoms with Gasteiger partial charge < -0.3 is 4.74 Å². The Labute approximate surface area is 135 Å². The quantitative estimate of drug-likeness (QED) is 0.376. The van der Waals surface area contributed by atoms with E-state index in [4.69, 9.17) is 4.74 Å². The number of hydrogen-bond donors (Lipinski definition) is 0. The molecule has 0 aromatic heterocycles. The lowest BCUT2D eigenvalue weighted by Crippen LogP contribution is -2.43. The van der Waals surface area contributed by atoms with Crippen LogP contribution in [0.4, 0.5) is 0 Å². The van der Waals surface area contributed by atoms with Gasteiger partial charge in [-0.2, -0.15) is 0 Å². The molecule has 0 saturated heterocycles. The van der Waals surface area contributed by atoms with Gasteiger partial charge in [-0.05, 0) is 57.9 Å². The number of ether oxygens (including phenoxy) is 1. The second-order valence-electron chi connectivity index (χ2n) is 6.40. The smallest absolute Gasteiger partial charge is 0.147 e. The van der Waals surface area contributed by atoms with Gasteiger partial charge in [-0.3, -0.25) is 0 Å². The van der Waals surface area contributed by atoms with Crippen LogP contribution in [-0.4, -0.2) is 15.2 Å². The van der Waals surface area contributed by atoms with Crippen molar-refractivity contribution in [3.63, 3.8) is 0 Å². The lowest BCUT2D eigenvalue weighted by molar-refractivity contribution is 0.414. The van der Waals surface area contributed by atoms with Crippen molar-refractivity contribution in [2.24, 2.45) is 0 Å². The maximum absolute atomic E-state index is 5.18. The van der Waals surface area contributed by atoms with E-state index in [1.54, 1.807) is 18.9 Å². The van der Waals surface area contributed by atoms with Crippen LogP contribution in [0.15, 0.2) is 29.2 Å². The minimum absolute atomic E-state index is 0.682. The van der Waals surface area contributed by atoms with Crippen molar-refractivity contribution >= 4 is 19.8 Å². The predicted octanol–water partition coefficient (Wildman–Crippen LogP) is 5.97. The molecular formula is C18H28OSSi. The summed E-state index contributed by atoms with van der Waals surface area (Å²) >= 11 is 1.64. The van der Waals surface area contributed by atoms with Crippen molar-refractivity contribution in [1.29, 1.82) is 0 Å². The minimum atomic E-state index is -1.61. The summed E-state index contributed by atoms with van der Waals surface area (Å²) in [7, 11) is 0.0844. The van der Waals surface area contributed by atoms with Gasteiger partial charge in [0, 0.05) is 4.90 Å². The van der Waals surface area contributed by atoms with Crippen LogP contribution in [0.25, 0.3) is 0 Å². The van der Waals surface area contributed by atoms with Crippen LogP contribution in [0.3, 0.4) is 0 Å². The Morgan fingerprint density at radius 2 is 1.38 bits per heavy atom. The van der Waals surface area contributed by atoms with Gasteiger partial charge in [0.05, 0.1) is 7.11 Å². The molecule has 116 valence electrons. The third-order valence-electron chi connectivity index (χ3n) is 4.36. The molecule has 0 spiro atoms. The molecule has 0 aliphatic carbocycles. The highest BCUT2D eigenvalue weighted by Crippen LogP contribution is 2.41. The van der Waals surface area contributed by atoms with E-state index < -0.39 is 8.07 Å². The molecule has 0 radical (unpaired) electrons. The fraction of sp³-hybridized carbons (Fsp3) is 0.556. The van der Waals surface area contributed by atoms with E-state index in [1.165, 1.54) is 4.90 Å². The SMILES string of the molecule is COc1ccc(SC#C[Si](C(C)C)(C(C)C)C(C)C)cc1. The molecule has 0 N–H and O–H groups in total. The Kier molecular flexibility index (Phi) is 6.90. The molecule has 21 heavy (non-hydrogen) atoms. The second-order valence-corrected chi connectivity index (χ2v) is 12.9. The van der Waals surface area contributed by atoms with Crippen LogP contribution >= 0.6 is 11.8 Å². The summed E-state index contributed by atoms with van der Waals surface area (Å²) in [5.41, 5.74) is 5.78. The van der Waals surface area contributed by atoms with E-state index in [0.29, 0.717) is 16.6 Å². The topological polar surface area (TPSA) is 9.23 Å². The standard InChI is InChI=1S/C18H28OSSi/c1-14(2)21(15(3)4,16(5)6)13-12-20-18-10-8-17(19-7)9-11-18/h8-11,14-16H,1-7H3. The van der Waals surface area contributed by atoms with Crippen molar-refractivity contribution in [2.45, 2.75) is 63.1 Å². The van der Waals surface area contributed by atoms with Crippen molar-refractivity contribution in [1.82, 2.24) is 0 Å². The first-order valence-electron chi connectivity index (χ1n) is 7.67. The molecule has 0 aliphatic rings. The van der Waals surface area contributed by atoms with Gasteiger partial charge in [0.1, 0.15) is 13.8 Å². The van der Waals surface area contributed by atoms with Crippen molar-refractivity contribution in [2.75, 3.05) is 7.11 Å². The summed E-state index contributed by atoms with van der Waals surface area (Å²) < 4.78 is 5.18. The molecule has 3 heteroatoms. The zero-order valence-electron chi connectivity index (χ0n) is 14.4. The number of benzene rings is 1. The van der Waals surface area contributed by atoms with Crippen LogP contribution in [0.1, 0.15) is 41.5 Å². The Bertz CT molecular complexity index is 472. The Hall–Kier alpha value is -0.853. The van der Waals surface area contributed by atoms with Crippen molar-refractivity contribution in [3.8, 4) is 16.5 Å². The minimum Gasteiger partial charge on any atom is -0.497 e. The zero-order chi connectivity index (χ0) is 16.0. The first-order chi connectivity index (χ1) is 9.84. The van der Waals surface area contributed by atoms with Gasteiger partial charge in [-0.25, -0.2) is 0 Å². The third kappa shape index (κ3) is 4.31. The van der Waals surface area contributed by atoms with E-state index in [0.717, 1.165) is 5.75 Å². The van der Waals surface area contributed by atoms with Gasteiger partial charge in [0.25, 0.3) is 0 Å². The average Bonchev–Trinajstić information content (AvgIpc) is 2.43. The van der Waals surface area contributed by atoms with Crippen LogP contribution in [0, 0.1) is 10.8 Å². The van der Waals surface area contributed by atoms with Crippen molar-refractivity contribution < 1.29 is 4.74 Å². The van der Waals surface area contributed by atoms with Crippen molar-refractivity contribution in [3.05, 3.63) is 24.3 Å². The summed E-state index contributed by atoms with van der Waals surface area (Å²) in [5, 5.41) is 3.41. The number of thioether (sulfide) groups is 1. The molecule has 0 heterocycles. The number of methoxy groups -OCH3 is 1. The van der Waals surface area contributed by atoms with E-state index in [1.807, 2.05) is 12.1 Å². The maximum Gasteiger partial charge on any atom is 0.147 e.